The van der Waals surface area contributed by atoms with Gasteiger partial charge in [-0.1, -0.05) is 29.7 Å². The quantitative estimate of drug-likeness (QED) is 0.398. The number of carbonyl (C=O) groups excluding carboxylic acids is 2. The molecule has 0 aliphatic heterocycles. The summed E-state index contributed by atoms with van der Waals surface area (Å²) >= 11 is 0. The Hall–Kier alpha value is -3.22. The molecule has 3 rings (SSSR count). The van der Waals surface area contributed by atoms with E-state index in [1.54, 1.807) is 19.2 Å². The predicted octanol–water partition coefficient (Wildman–Crippen LogP) is 3.09. The predicted molar refractivity (Wildman–Crippen MR) is 102 cm³/mol. The van der Waals surface area contributed by atoms with Crippen LogP contribution in [-0.2, 0) is 11.8 Å². The molecule has 140 valence electrons. The molecule has 0 amide bonds. The number of ketones is 1. The molecule has 1 aromatic heterocycles. The molecule has 0 aliphatic rings. The highest BCUT2D eigenvalue weighted by Crippen LogP contribution is 2.36. The number of methoxy groups -OCH3 is 1. The van der Waals surface area contributed by atoms with Crippen LogP contribution in [-0.4, -0.2) is 31.3 Å². The van der Waals surface area contributed by atoms with Gasteiger partial charge in [-0.15, -0.1) is 0 Å². The smallest absolute Gasteiger partial charge is 0.340 e. The lowest BCUT2D eigenvalue weighted by Gasteiger charge is -2.13. The summed E-state index contributed by atoms with van der Waals surface area (Å²) in [7, 11) is 8.39. The van der Waals surface area contributed by atoms with Crippen LogP contribution in [0.4, 0.5) is 8.78 Å². The Labute approximate surface area is 162 Å². The first-order valence-electron chi connectivity index (χ1n) is 8.39. The number of halogens is 2. The molecule has 2 radical (unpaired) electrons. The lowest BCUT2D eigenvalue weighted by molar-refractivity contribution is 0.0601. The fraction of sp³-hybridized carbons (Fsp3) is 0.143. The third-order valence-corrected chi connectivity index (χ3v) is 4.57. The largest absolute Gasteiger partial charge is 0.465 e. The molecule has 1 heterocycles. The van der Waals surface area contributed by atoms with Gasteiger partial charge in [0, 0.05) is 29.9 Å². The minimum atomic E-state index is -0.759. The van der Waals surface area contributed by atoms with Crippen molar-refractivity contribution in [3.05, 3.63) is 76.6 Å². The second kappa shape index (κ2) is 7.42. The number of nitrogens with zero attached hydrogens (tertiary/aromatic N) is 1. The van der Waals surface area contributed by atoms with Gasteiger partial charge < -0.3 is 9.30 Å². The van der Waals surface area contributed by atoms with E-state index in [0.717, 1.165) is 12.1 Å². The van der Waals surface area contributed by atoms with Crippen molar-refractivity contribution in [1.82, 2.24) is 4.57 Å². The van der Waals surface area contributed by atoms with Crippen LogP contribution in [0, 0.1) is 18.6 Å². The maximum atomic E-state index is 14.7. The highest BCUT2D eigenvalue weighted by Gasteiger charge is 2.29. The summed E-state index contributed by atoms with van der Waals surface area (Å²) < 4.78 is 35.1. The number of benzene rings is 2. The molecule has 4 nitrogen and oxygen atoms in total. The lowest BCUT2D eigenvalue weighted by Crippen LogP contribution is -2.12. The molecule has 0 unspecified atom stereocenters. The lowest BCUT2D eigenvalue weighted by atomic mass is 9.91. The van der Waals surface area contributed by atoms with Crippen molar-refractivity contribution in [2.45, 2.75) is 6.92 Å². The minimum Gasteiger partial charge on any atom is -0.465 e. The van der Waals surface area contributed by atoms with E-state index in [4.69, 9.17) is 12.6 Å². The van der Waals surface area contributed by atoms with Gasteiger partial charge in [0.2, 0.25) is 5.78 Å². The first kappa shape index (κ1) is 19.5. The molecule has 3 aromatic rings. The number of hydrogen-bond acceptors (Lipinski definition) is 3. The van der Waals surface area contributed by atoms with E-state index in [-0.39, 0.29) is 27.9 Å². The Balaban J connectivity index is 2.35. The maximum Gasteiger partial charge on any atom is 0.340 e. The third kappa shape index (κ3) is 3.24. The number of ether oxygens (including phenoxy) is 1. The molecule has 7 heteroatoms. The van der Waals surface area contributed by atoms with Crippen LogP contribution in [0.15, 0.2) is 42.6 Å². The summed E-state index contributed by atoms with van der Waals surface area (Å²) in [5.74, 6) is -2.62. The van der Waals surface area contributed by atoms with E-state index in [9.17, 15) is 18.4 Å². The molecule has 0 saturated heterocycles. The van der Waals surface area contributed by atoms with E-state index < -0.39 is 23.4 Å². The zero-order chi connectivity index (χ0) is 20.6. The van der Waals surface area contributed by atoms with E-state index in [0.29, 0.717) is 11.0 Å². The summed E-state index contributed by atoms with van der Waals surface area (Å²) in [6.45, 7) is 1.39. The molecule has 0 bridgehead atoms. The SMILES string of the molecule is [B]c1ccc(C(=O)c2c(-c3c(F)ccc(F)c3C)c(C(=O)OC)cn2C)cc1. The fourth-order valence-electron chi connectivity index (χ4n) is 3.15. The molecule has 0 aliphatic carbocycles. The number of aromatic nitrogens is 1. The van der Waals surface area contributed by atoms with Crippen molar-refractivity contribution in [2.75, 3.05) is 7.11 Å². The molecular formula is C21H16BF2NO3. The van der Waals surface area contributed by atoms with Crippen LogP contribution in [0.3, 0.4) is 0 Å². The monoisotopic (exact) mass is 379 g/mol. The van der Waals surface area contributed by atoms with Crippen molar-refractivity contribution >= 4 is 25.1 Å². The Kier molecular flexibility index (Phi) is 5.18. The third-order valence-electron chi connectivity index (χ3n) is 4.57. The molecule has 2 aromatic carbocycles. The summed E-state index contributed by atoms with van der Waals surface area (Å²) in [5, 5.41) is 0. The number of carbonyl (C=O) groups is 2. The van der Waals surface area contributed by atoms with Gasteiger partial charge in [-0.25, -0.2) is 13.6 Å². The van der Waals surface area contributed by atoms with Crippen molar-refractivity contribution < 1.29 is 23.1 Å². The Morgan fingerprint density at radius 1 is 1.00 bits per heavy atom. The van der Waals surface area contributed by atoms with E-state index in [1.807, 2.05) is 0 Å². The summed E-state index contributed by atoms with van der Waals surface area (Å²) in [6, 6.07) is 8.14. The second-order valence-corrected chi connectivity index (χ2v) is 6.35. The number of hydrogen-bond donors (Lipinski definition) is 0. The van der Waals surface area contributed by atoms with Gasteiger partial charge in [-0.3, -0.25) is 4.79 Å². The average Bonchev–Trinajstić information content (AvgIpc) is 3.01. The maximum absolute atomic E-state index is 14.7. The van der Waals surface area contributed by atoms with Gasteiger partial charge in [0.1, 0.15) is 19.5 Å². The standard InChI is InChI=1S/C21H16BF2NO3/c1-11-15(23)8-9-16(24)17(11)18-14(21(27)28-3)10-25(2)19(18)20(26)12-4-6-13(22)7-5-12/h4-10H,1-3H3. The summed E-state index contributed by atoms with van der Waals surface area (Å²) in [4.78, 5) is 25.5. The Bertz CT molecular complexity index is 1090. The van der Waals surface area contributed by atoms with Crippen LogP contribution in [0.5, 0.6) is 0 Å². The number of esters is 1. The first-order chi connectivity index (χ1) is 13.3. The van der Waals surface area contributed by atoms with E-state index >= 15 is 0 Å². The fourth-order valence-corrected chi connectivity index (χ4v) is 3.15. The van der Waals surface area contributed by atoms with Crippen LogP contribution in [0.2, 0.25) is 0 Å². The molecule has 0 N–H and O–H groups in total. The molecule has 0 spiro atoms. The van der Waals surface area contributed by atoms with Crippen molar-refractivity contribution in [2.24, 2.45) is 7.05 Å². The van der Waals surface area contributed by atoms with Crippen molar-refractivity contribution in [3.63, 3.8) is 0 Å². The van der Waals surface area contributed by atoms with Crippen LogP contribution in [0.25, 0.3) is 11.1 Å². The molecule has 0 fully saturated rings. The second-order valence-electron chi connectivity index (χ2n) is 6.35. The van der Waals surface area contributed by atoms with Crippen LogP contribution >= 0.6 is 0 Å². The molecule has 28 heavy (non-hydrogen) atoms. The first-order valence-corrected chi connectivity index (χ1v) is 8.39. The van der Waals surface area contributed by atoms with Gasteiger partial charge in [0.15, 0.2) is 0 Å². The topological polar surface area (TPSA) is 48.3 Å². The number of aryl methyl sites for hydroxylation is 1. The van der Waals surface area contributed by atoms with Gasteiger partial charge in [-0.2, -0.15) is 0 Å². The zero-order valence-electron chi connectivity index (χ0n) is 15.5. The summed E-state index contributed by atoms with van der Waals surface area (Å²) in [5.41, 5.74) is 0.607. The minimum absolute atomic E-state index is 0.00863. The normalized spacial score (nSPS) is 10.8. The molecular weight excluding hydrogens is 363 g/mol. The van der Waals surface area contributed by atoms with Crippen LogP contribution < -0.4 is 5.46 Å². The highest BCUT2D eigenvalue weighted by atomic mass is 19.1. The van der Waals surface area contributed by atoms with Gasteiger partial charge in [0.05, 0.1) is 18.4 Å². The summed E-state index contributed by atoms with van der Waals surface area (Å²) in [6.07, 6.45) is 1.37. The van der Waals surface area contributed by atoms with Crippen molar-refractivity contribution in [1.29, 1.82) is 0 Å². The molecule has 0 saturated carbocycles. The van der Waals surface area contributed by atoms with Crippen LogP contribution in [0.1, 0.15) is 32.0 Å². The van der Waals surface area contributed by atoms with Gasteiger partial charge in [-0.05, 0) is 24.6 Å². The zero-order valence-corrected chi connectivity index (χ0v) is 15.5. The van der Waals surface area contributed by atoms with E-state index in [1.165, 1.54) is 36.9 Å². The Morgan fingerprint density at radius 3 is 2.21 bits per heavy atom. The van der Waals surface area contributed by atoms with Gasteiger partial charge in [0.25, 0.3) is 0 Å². The van der Waals surface area contributed by atoms with Crippen molar-refractivity contribution in [3.8, 4) is 11.1 Å². The Morgan fingerprint density at radius 2 is 1.61 bits per heavy atom. The number of rotatable bonds is 4. The average molecular weight is 379 g/mol. The molecule has 0 atom stereocenters. The van der Waals surface area contributed by atoms with E-state index in [2.05, 4.69) is 0 Å². The van der Waals surface area contributed by atoms with Gasteiger partial charge >= 0.3 is 5.97 Å². The highest BCUT2D eigenvalue weighted by molar-refractivity contribution is 6.32.